The van der Waals surface area contributed by atoms with Crippen LogP contribution in [0.15, 0.2) is 121 Å². The summed E-state index contributed by atoms with van der Waals surface area (Å²) in [7, 11) is 0. The van der Waals surface area contributed by atoms with Gasteiger partial charge in [-0.3, -0.25) is 10.2 Å². The molecule has 0 amide bonds. The Morgan fingerprint density at radius 2 is 0.790 bits per heavy atom. The highest BCUT2D eigenvalue weighted by Gasteiger charge is 2.57. The Labute approximate surface area is 370 Å². The molecule has 0 aromatic heterocycles. The van der Waals surface area contributed by atoms with Gasteiger partial charge in [0.05, 0.1) is 34.5 Å². The number of nitrogens with one attached hydrogen (secondary N) is 1. The van der Waals surface area contributed by atoms with E-state index in [-0.39, 0.29) is 22.3 Å². The Kier molecular flexibility index (Phi) is 15.2. The van der Waals surface area contributed by atoms with E-state index in [0.29, 0.717) is 0 Å². The number of carbonyl (C=O) groups is 5. The fourth-order valence-electron chi connectivity index (χ4n) is 6.61. The number of benzene rings is 4. The Bertz CT molecular complexity index is 2200. The molecular formula is C44H40Cl3NO14. The summed E-state index contributed by atoms with van der Waals surface area (Å²) in [6, 6.07) is 31.6. The zero-order chi connectivity index (χ0) is 44.6. The van der Waals surface area contributed by atoms with Gasteiger partial charge in [-0.05, 0) is 62.4 Å². The standard InChI is InChI=1S/C44H40Cl3NO14/c1-24-31(57-37(50)27-16-8-4-9-17-27)33(59-39(52)29-20-12-6-13-21-29)35(56-26(3)49)41(54-24)61-36-34(60-40(53)30-22-14-7-15-23-30)32(58-38(51)28-18-10-5-11-19-28)25(2)55-42(36)62-43(48)44(45,46)47/h4-25,31-36,41-42,48H,1-3H3/t24-,25-,31-,32-,33+,34+,35+,36+,41-,42-/m0/s1. The van der Waals surface area contributed by atoms with Crippen LogP contribution in [-0.4, -0.2) is 101 Å². The largest absolute Gasteiger partial charge is 0.453 e. The number of rotatable bonds is 12. The van der Waals surface area contributed by atoms with Crippen molar-refractivity contribution in [2.24, 2.45) is 0 Å². The molecule has 2 aliphatic heterocycles. The highest BCUT2D eigenvalue weighted by atomic mass is 35.6. The van der Waals surface area contributed by atoms with Crippen LogP contribution in [0.4, 0.5) is 0 Å². The van der Waals surface area contributed by atoms with Crippen molar-refractivity contribution in [3.05, 3.63) is 144 Å². The van der Waals surface area contributed by atoms with Crippen LogP contribution >= 0.6 is 34.8 Å². The highest BCUT2D eigenvalue weighted by molar-refractivity contribution is 6.76. The van der Waals surface area contributed by atoms with Gasteiger partial charge in [0.1, 0.15) is 0 Å². The minimum absolute atomic E-state index is 0.0846. The van der Waals surface area contributed by atoms with Crippen molar-refractivity contribution in [2.45, 2.75) is 86.0 Å². The number of halogens is 3. The lowest BCUT2D eigenvalue weighted by atomic mass is 9.96. The normalized spacial score (nSPS) is 25.9. The van der Waals surface area contributed by atoms with Crippen molar-refractivity contribution in [1.82, 2.24) is 0 Å². The van der Waals surface area contributed by atoms with E-state index in [1.165, 1.54) is 62.4 Å². The highest BCUT2D eigenvalue weighted by Crippen LogP contribution is 2.37. The van der Waals surface area contributed by atoms with Crippen molar-refractivity contribution in [1.29, 1.82) is 5.41 Å². The molecule has 0 radical (unpaired) electrons. The molecule has 4 aromatic carbocycles. The molecule has 15 nitrogen and oxygen atoms in total. The van der Waals surface area contributed by atoms with E-state index in [4.69, 9.17) is 82.8 Å². The zero-order valence-corrected chi connectivity index (χ0v) is 35.4. The molecule has 326 valence electrons. The number of ether oxygens (including phenoxy) is 9. The topological polar surface area (TPSA) is 192 Å². The van der Waals surface area contributed by atoms with Crippen LogP contribution in [0.1, 0.15) is 62.2 Å². The van der Waals surface area contributed by atoms with Gasteiger partial charge in [0, 0.05) is 6.92 Å². The molecular weight excluding hydrogens is 873 g/mol. The lowest BCUT2D eigenvalue weighted by Gasteiger charge is -2.48. The minimum Gasteiger partial charge on any atom is -0.453 e. The first-order chi connectivity index (χ1) is 29.6. The third-order valence-electron chi connectivity index (χ3n) is 9.55. The first-order valence-corrected chi connectivity index (χ1v) is 20.2. The molecule has 1 N–H and O–H groups in total. The molecule has 0 bridgehead atoms. The van der Waals surface area contributed by atoms with E-state index in [1.54, 1.807) is 72.8 Å². The molecule has 2 heterocycles. The molecule has 0 spiro atoms. The maximum Gasteiger partial charge on any atom is 0.338 e. The second-order valence-electron chi connectivity index (χ2n) is 14.0. The Hall–Kier alpha value is -5.55. The average molecular weight is 913 g/mol. The van der Waals surface area contributed by atoms with Crippen molar-refractivity contribution >= 4 is 70.5 Å². The summed E-state index contributed by atoms with van der Waals surface area (Å²) in [5, 5.41) is 8.43. The zero-order valence-electron chi connectivity index (χ0n) is 33.2. The second kappa shape index (κ2) is 20.5. The van der Waals surface area contributed by atoms with Crippen molar-refractivity contribution < 1.29 is 66.6 Å². The Balaban J connectivity index is 1.43. The maximum absolute atomic E-state index is 13.9. The van der Waals surface area contributed by atoms with Crippen LogP contribution in [0.2, 0.25) is 0 Å². The number of hydrogen-bond acceptors (Lipinski definition) is 15. The monoisotopic (exact) mass is 911 g/mol. The molecule has 10 atom stereocenters. The molecule has 0 aliphatic carbocycles. The third kappa shape index (κ3) is 11.5. The Morgan fingerprint density at radius 1 is 0.468 bits per heavy atom. The minimum atomic E-state index is -2.44. The fraction of sp³-hybridized carbons (Fsp3) is 0.318. The van der Waals surface area contributed by atoms with Gasteiger partial charge in [0.25, 0.3) is 3.79 Å². The van der Waals surface area contributed by atoms with Gasteiger partial charge in [-0.15, -0.1) is 0 Å². The third-order valence-corrected chi connectivity index (χ3v) is 10.1. The first-order valence-electron chi connectivity index (χ1n) is 19.1. The summed E-state index contributed by atoms with van der Waals surface area (Å²) >= 11 is 18.1. The van der Waals surface area contributed by atoms with E-state index < -0.39 is 101 Å². The smallest absolute Gasteiger partial charge is 0.338 e. The maximum atomic E-state index is 13.9. The van der Waals surface area contributed by atoms with E-state index in [9.17, 15) is 24.0 Å². The van der Waals surface area contributed by atoms with Crippen LogP contribution in [0.3, 0.4) is 0 Å². The predicted octanol–water partition coefficient (Wildman–Crippen LogP) is 7.06. The van der Waals surface area contributed by atoms with Crippen LogP contribution < -0.4 is 0 Å². The van der Waals surface area contributed by atoms with E-state index in [0.717, 1.165) is 6.92 Å². The quantitative estimate of drug-likeness (QED) is 0.0499. The van der Waals surface area contributed by atoms with Gasteiger partial charge < -0.3 is 42.6 Å². The first kappa shape index (κ1) is 46.0. The fourth-order valence-corrected chi connectivity index (χ4v) is 6.74. The summed E-state index contributed by atoms with van der Waals surface area (Å²) < 4.78 is 51.9. The summed E-state index contributed by atoms with van der Waals surface area (Å²) in [5.41, 5.74) is 0.476. The van der Waals surface area contributed by atoms with Crippen LogP contribution in [0.5, 0.6) is 0 Å². The van der Waals surface area contributed by atoms with Gasteiger partial charge in [0.15, 0.2) is 42.9 Å². The predicted molar refractivity (Wildman–Crippen MR) is 221 cm³/mol. The van der Waals surface area contributed by atoms with Gasteiger partial charge in [-0.25, -0.2) is 19.2 Å². The number of carbonyl (C=O) groups excluding carboxylic acids is 5. The summed E-state index contributed by atoms with van der Waals surface area (Å²) in [6.45, 7) is 4.03. The molecule has 4 aromatic rings. The van der Waals surface area contributed by atoms with Crippen LogP contribution in [-0.2, 0) is 47.4 Å². The number of hydrogen-bond donors (Lipinski definition) is 1. The van der Waals surface area contributed by atoms with Gasteiger partial charge in [-0.2, -0.15) is 0 Å². The summed E-state index contributed by atoms with van der Waals surface area (Å²) in [6.07, 6.45) is -15.7. The molecule has 18 heteroatoms. The molecule has 6 rings (SSSR count). The van der Waals surface area contributed by atoms with Crippen molar-refractivity contribution in [3.63, 3.8) is 0 Å². The molecule has 2 fully saturated rings. The summed E-state index contributed by atoms with van der Waals surface area (Å²) in [4.78, 5) is 67.6. The van der Waals surface area contributed by atoms with Gasteiger partial charge in [0.2, 0.25) is 12.2 Å². The molecule has 0 saturated carbocycles. The molecule has 2 saturated heterocycles. The lowest BCUT2D eigenvalue weighted by molar-refractivity contribution is -0.352. The molecule has 2 aliphatic rings. The number of esters is 5. The lowest BCUT2D eigenvalue weighted by Crippen LogP contribution is -2.66. The SMILES string of the molecule is CC(=O)O[C@H]1[C@H](O[C@H]2[C@H](OC(=N)C(Cl)(Cl)Cl)O[C@@H](C)[C@H](OC(=O)c3ccccc3)[C@H]2OC(=O)c2ccccc2)O[C@@H](C)[C@H](OC(=O)c2ccccc2)[C@H]1OC(=O)c1ccccc1. The van der Waals surface area contributed by atoms with E-state index >= 15 is 0 Å². The average Bonchev–Trinajstić information content (AvgIpc) is 3.26. The van der Waals surface area contributed by atoms with Crippen molar-refractivity contribution in [3.8, 4) is 0 Å². The molecule has 0 unspecified atom stereocenters. The van der Waals surface area contributed by atoms with Gasteiger partial charge >= 0.3 is 29.8 Å². The van der Waals surface area contributed by atoms with Gasteiger partial charge in [-0.1, -0.05) is 108 Å². The van der Waals surface area contributed by atoms with E-state index in [2.05, 4.69) is 0 Å². The van der Waals surface area contributed by atoms with Crippen molar-refractivity contribution in [2.75, 3.05) is 0 Å². The van der Waals surface area contributed by atoms with Crippen LogP contribution in [0.25, 0.3) is 0 Å². The van der Waals surface area contributed by atoms with E-state index in [1.807, 2.05) is 0 Å². The van der Waals surface area contributed by atoms with Crippen LogP contribution in [0, 0.1) is 5.41 Å². The molecule has 62 heavy (non-hydrogen) atoms. The second-order valence-corrected chi connectivity index (χ2v) is 16.3. The summed E-state index contributed by atoms with van der Waals surface area (Å²) in [5.74, 6) is -5.32. The Morgan fingerprint density at radius 3 is 1.13 bits per heavy atom. The number of alkyl halides is 3.